The van der Waals surface area contributed by atoms with Crippen LogP contribution < -0.4 is 10.1 Å². The lowest BCUT2D eigenvalue weighted by molar-refractivity contribution is 0.0954. The molecule has 4 heteroatoms. The highest BCUT2D eigenvalue weighted by Gasteiger charge is 2.05. The van der Waals surface area contributed by atoms with Crippen molar-refractivity contribution in [2.75, 3.05) is 13.2 Å². The normalized spacial score (nSPS) is 10.3. The zero-order valence-electron chi connectivity index (χ0n) is 13.3. The fourth-order valence-corrected chi connectivity index (χ4v) is 2.24. The Balaban J connectivity index is 1.77. The maximum Gasteiger partial charge on any atom is 0.251 e. The number of carbonyl (C=O) groups excluding carboxylic acids is 1. The summed E-state index contributed by atoms with van der Waals surface area (Å²) < 4.78 is 5.59. The SMILES string of the molecule is CCCCOc1ccc(C(=O)NCCc2ccc(Cl)cc2)cc1. The molecule has 0 saturated carbocycles. The monoisotopic (exact) mass is 331 g/mol. The van der Waals surface area contributed by atoms with Gasteiger partial charge in [-0.1, -0.05) is 37.1 Å². The summed E-state index contributed by atoms with van der Waals surface area (Å²) in [7, 11) is 0. The Morgan fingerprint density at radius 2 is 1.78 bits per heavy atom. The zero-order chi connectivity index (χ0) is 16.5. The van der Waals surface area contributed by atoms with Crippen molar-refractivity contribution in [1.29, 1.82) is 0 Å². The van der Waals surface area contributed by atoms with Gasteiger partial charge < -0.3 is 10.1 Å². The van der Waals surface area contributed by atoms with E-state index in [-0.39, 0.29) is 5.91 Å². The zero-order valence-corrected chi connectivity index (χ0v) is 14.1. The molecule has 0 aliphatic carbocycles. The predicted molar refractivity (Wildman–Crippen MR) is 94.3 cm³/mol. The lowest BCUT2D eigenvalue weighted by atomic mass is 10.1. The molecule has 1 N–H and O–H groups in total. The van der Waals surface area contributed by atoms with Crippen molar-refractivity contribution in [2.24, 2.45) is 0 Å². The topological polar surface area (TPSA) is 38.3 Å². The van der Waals surface area contributed by atoms with Crippen LogP contribution in [0.1, 0.15) is 35.7 Å². The molecule has 23 heavy (non-hydrogen) atoms. The third-order valence-corrected chi connectivity index (χ3v) is 3.75. The number of carbonyl (C=O) groups is 1. The molecule has 0 radical (unpaired) electrons. The second-order valence-corrected chi connectivity index (χ2v) is 5.80. The Kier molecular flexibility index (Phi) is 6.95. The first-order valence-electron chi connectivity index (χ1n) is 7.94. The van der Waals surface area contributed by atoms with Gasteiger partial charge in [-0.2, -0.15) is 0 Å². The molecule has 0 atom stereocenters. The van der Waals surface area contributed by atoms with E-state index in [9.17, 15) is 4.79 Å². The molecule has 0 aliphatic rings. The second kappa shape index (κ2) is 9.21. The Morgan fingerprint density at radius 3 is 2.43 bits per heavy atom. The highest BCUT2D eigenvalue weighted by Crippen LogP contribution is 2.13. The van der Waals surface area contributed by atoms with Crippen LogP contribution in [0.3, 0.4) is 0 Å². The second-order valence-electron chi connectivity index (χ2n) is 5.36. The van der Waals surface area contributed by atoms with Gasteiger partial charge in [-0.15, -0.1) is 0 Å². The number of rotatable bonds is 8. The maximum atomic E-state index is 12.1. The molecule has 0 aromatic heterocycles. The maximum absolute atomic E-state index is 12.1. The molecule has 0 bridgehead atoms. The highest BCUT2D eigenvalue weighted by atomic mass is 35.5. The van der Waals surface area contributed by atoms with Gasteiger partial charge in [0.2, 0.25) is 0 Å². The van der Waals surface area contributed by atoms with Crippen LogP contribution in [-0.2, 0) is 6.42 Å². The van der Waals surface area contributed by atoms with Crippen molar-refractivity contribution >= 4 is 17.5 Å². The van der Waals surface area contributed by atoms with Crippen LogP contribution in [-0.4, -0.2) is 19.1 Å². The Morgan fingerprint density at radius 1 is 1.09 bits per heavy atom. The van der Waals surface area contributed by atoms with E-state index in [0.29, 0.717) is 18.7 Å². The Labute approximate surface area is 142 Å². The first-order valence-corrected chi connectivity index (χ1v) is 8.32. The number of amides is 1. The van der Waals surface area contributed by atoms with Crippen LogP contribution in [0, 0.1) is 0 Å². The van der Waals surface area contributed by atoms with Crippen molar-refractivity contribution < 1.29 is 9.53 Å². The van der Waals surface area contributed by atoms with Gasteiger partial charge in [-0.3, -0.25) is 4.79 Å². The first-order chi connectivity index (χ1) is 11.2. The number of unbranched alkanes of at least 4 members (excludes halogenated alkanes) is 1. The highest BCUT2D eigenvalue weighted by molar-refractivity contribution is 6.30. The molecule has 122 valence electrons. The molecule has 0 unspecified atom stereocenters. The van der Waals surface area contributed by atoms with Gasteiger partial charge in [-0.05, 0) is 54.8 Å². The average molecular weight is 332 g/mol. The Hall–Kier alpha value is -2.00. The fraction of sp³-hybridized carbons (Fsp3) is 0.316. The molecular weight excluding hydrogens is 310 g/mol. The van der Waals surface area contributed by atoms with Crippen LogP contribution in [0.25, 0.3) is 0 Å². The van der Waals surface area contributed by atoms with Gasteiger partial charge in [0.1, 0.15) is 5.75 Å². The number of benzene rings is 2. The van der Waals surface area contributed by atoms with Crippen molar-refractivity contribution in [3.63, 3.8) is 0 Å². The molecule has 0 saturated heterocycles. The van der Waals surface area contributed by atoms with Crippen LogP contribution in [0.5, 0.6) is 5.75 Å². The van der Waals surface area contributed by atoms with Crippen molar-refractivity contribution in [1.82, 2.24) is 5.32 Å². The summed E-state index contributed by atoms with van der Waals surface area (Å²) in [6.07, 6.45) is 2.92. The third kappa shape index (κ3) is 5.95. The summed E-state index contributed by atoms with van der Waals surface area (Å²) in [5, 5.41) is 3.64. The smallest absolute Gasteiger partial charge is 0.251 e. The molecule has 0 spiro atoms. The number of hydrogen-bond donors (Lipinski definition) is 1. The van der Waals surface area contributed by atoms with E-state index in [0.717, 1.165) is 35.6 Å². The summed E-state index contributed by atoms with van der Waals surface area (Å²) in [5.41, 5.74) is 1.79. The summed E-state index contributed by atoms with van der Waals surface area (Å²) in [4.78, 5) is 12.1. The van der Waals surface area contributed by atoms with Gasteiger partial charge in [0.25, 0.3) is 5.91 Å². The molecule has 2 rings (SSSR count). The molecule has 0 heterocycles. The van der Waals surface area contributed by atoms with E-state index in [1.54, 1.807) is 12.1 Å². The van der Waals surface area contributed by atoms with Crippen molar-refractivity contribution in [3.05, 3.63) is 64.7 Å². The molecule has 0 fully saturated rings. The number of hydrogen-bond acceptors (Lipinski definition) is 2. The van der Waals surface area contributed by atoms with Gasteiger partial charge in [0, 0.05) is 17.1 Å². The number of nitrogens with one attached hydrogen (secondary N) is 1. The fourth-order valence-electron chi connectivity index (χ4n) is 2.11. The van der Waals surface area contributed by atoms with Crippen LogP contribution >= 0.6 is 11.6 Å². The first kappa shape index (κ1) is 17.4. The standard InChI is InChI=1S/C19H22ClNO2/c1-2-3-14-23-18-10-6-16(7-11-18)19(22)21-13-12-15-4-8-17(20)9-5-15/h4-11H,2-3,12-14H2,1H3,(H,21,22). The molecule has 1 amide bonds. The Bertz CT molecular complexity index is 608. The number of ether oxygens (including phenoxy) is 1. The van der Waals surface area contributed by atoms with E-state index in [2.05, 4.69) is 12.2 Å². The van der Waals surface area contributed by atoms with Crippen molar-refractivity contribution in [3.8, 4) is 5.75 Å². The van der Waals surface area contributed by atoms with E-state index in [4.69, 9.17) is 16.3 Å². The molecule has 2 aromatic carbocycles. The van der Waals surface area contributed by atoms with Gasteiger partial charge in [0.15, 0.2) is 0 Å². The largest absolute Gasteiger partial charge is 0.494 e. The van der Waals surface area contributed by atoms with Crippen molar-refractivity contribution in [2.45, 2.75) is 26.2 Å². The molecule has 3 nitrogen and oxygen atoms in total. The lowest BCUT2D eigenvalue weighted by Crippen LogP contribution is -2.25. The lowest BCUT2D eigenvalue weighted by Gasteiger charge is -2.08. The minimum Gasteiger partial charge on any atom is -0.494 e. The predicted octanol–water partition coefficient (Wildman–Crippen LogP) is 4.49. The van der Waals surface area contributed by atoms with Crippen LogP contribution in [0.4, 0.5) is 0 Å². The minimum atomic E-state index is -0.0703. The average Bonchev–Trinajstić information content (AvgIpc) is 2.57. The van der Waals surface area contributed by atoms with Gasteiger partial charge >= 0.3 is 0 Å². The van der Waals surface area contributed by atoms with Crippen LogP contribution in [0.2, 0.25) is 5.02 Å². The summed E-state index contributed by atoms with van der Waals surface area (Å²) >= 11 is 5.85. The van der Waals surface area contributed by atoms with Gasteiger partial charge in [0.05, 0.1) is 6.61 Å². The molecule has 0 aliphatic heterocycles. The number of halogens is 1. The quantitative estimate of drug-likeness (QED) is 0.724. The third-order valence-electron chi connectivity index (χ3n) is 3.50. The minimum absolute atomic E-state index is 0.0703. The molecule has 2 aromatic rings. The van der Waals surface area contributed by atoms with E-state index in [1.807, 2.05) is 36.4 Å². The molecular formula is C19H22ClNO2. The van der Waals surface area contributed by atoms with E-state index >= 15 is 0 Å². The van der Waals surface area contributed by atoms with Crippen LogP contribution in [0.15, 0.2) is 48.5 Å². The summed E-state index contributed by atoms with van der Waals surface area (Å²) in [5.74, 6) is 0.732. The van der Waals surface area contributed by atoms with Gasteiger partial charge in [-0.25, -0.2) is 0 Å². The van der Waals surface area contributed by atoms with E-state index in [1.165, 1.54) is 0 Å². The summed E-state index contributed by atoms with van der Waals surface area (Å²) in [6, 6.07) is 14.9. The van der Waals surface area contributed by atoms with E-state index < -0.39 is 0 Å². The summed E-state index contributed by atoms with van der Waals surface area (Å²) in [6.45, 7) is 3.43.